The number of carbonyl (C=O) groups is 1. The molecule has 1 unspecified atom stereocenters. The fourth-order valence-corrected chi connectivity index (χ4v) is 1.62. The fourth-order valence-electron chi connectivity index (χ4n) is 1.62. The van der Waals surface area contributed by atoms with Gasteiger partial charge in [0.1, 0.15) is 6.10 Å². The first-order valence-electron chi connectivity index (χ1n) is 5.27. The Morgan fingerprint density at radius 3 is 2.57 bits per heavy atom. The second kappa shape index (κ2) is 5.03. The fraction of sp³-hybridized carbons (Fsp3) is 0.727. The Labute approximate surface area is 84.8 Å². The molecular formula is C11H18O3. The van der Waals surface area contributed by atoms with Gasteiger partial charge in [-0.3, -0.25) is 0 Å². The van der Waals surface area contributed by atoms with Crippen LogP contribution in [0, 0.1) is 0 Å². The van der Waals surface area contributed by atoms with Gasteiger partial charge in [0.25, 0.3) is 0 Å². The highest BCUT2D eigenvalue weighted by atomic mass is 16.6. The zero-order valence-electron chi connectivity index (χ0n) is 8.88. The van der Waals surface area contributed by atoms with Crippen LogP contribution in [0.3, 0.4) is 0 Å². The molecule has 80 valence electrons. The van der Waals surface area contributed by atoms with Crippen LogP contribution in [-0.4, -0.2) is 17.2 Å². The molecule has 0 radical (unpaired) electrons. The van der Waals surface area contributed by atoms with Crippen molar-refractivity contribution in [2.24, 2.45) is 0 Å². The van der Waals surface area contributed by atoms with Gasteiger partial charge in [0.05, 0.1) is 0 Å². The third kappa shape index (κ3) is 2.50. The standard InChI is InChI=1S/C11H18O3/c1-3-4-5-6-7-9-8(2)10(12)11(13)14-9/h9,12H,3-7H2,1-2H3. The van der Waals surface area contributed by atoms with Crippen molar-refractivity contribution >= 4 is 5.97 Å². The summed E-state index contributed by atoms with van der Waals surface area (Å²) in [6, 6.07) is 0. The molecule has 3 nitrogen and oxygen atoms in total. The van der Waals surface area contributed by atoms with E-state index in [-0.39, 0.29) is 11.9 Å². The van der Waals surface area contributed by atoms with Crippen LogP contribution < -0.4 is 0 Å². The van der Waals surface area contributed by atoms with E-state index < -0.39 is 5.97 Å². The molecule has 0 spiro atoms. The topological polar surface area (TPSA) is 46.5 Å². The van der Waals surface area contributed by atoms with E-state index in [2.05, 4.69) is 6.92 Å². The maximum Gasteiger partial charge on any atom is 0.374 e. The number of cyclic esters (lactones) is 1. The molecule has 3 heteroatoms. The molecule has 1 N–H and O–H groups in total. The molecule has 0 bridgehead atoms. The third-order valence-corrected chi connectivity index (χ3v) is 2.62. The molecule has 0 aliphatic carbocycles. The maximum atomic E-state index is 11.0. The van der Waals surface area contributed by atoms with Crippen LogP contribution in [0.5, 0.6) is 0 Å². The van der Waals surface area contributed by atoms with Crippen LogP contribution in [0.15, 0.2) is 11.3 Å². The van der Waals surface area contributed by atoms with E-state index in [9.17, 15) is 9.90 Å². The Morgan fingerprint density at radius 1 is 1.36 bits per heavy atom. The molecule has 0 fully saturated rings. The number of hydrogen-bond donors (Lipinski definition) is 1. The molecule has 1 aliphatic rings. The average molecular weight is 198 g/mol. The van der Waals surface area contributed by atoms with Crippen molar-refractivity contribution in [2.75, 3.05) is 0 Å². The molecule has 0 saturated heterocycles. The van der Waals surface area contributed by atoms with Gasteiger partial charge >= 0.3 is 5.97 Å². The number of ether oxygens (including phenoxy) is 1. The monoisotopic (exact) mass is 198 g/mol. The molecule has 0 aromatic heterocycles. The highest BCUT2D eigenvalue weighted by Crippen LogP contribution is 2.24. The minimum Gasteiger partial charge on any atom is -0.502 e. The molecule has 0 aromatic rings. The van der Waals surface area contributed by atoms with Crippen LogP contribution in [0.1, 0.15) is 46.0 Å². The van der Waals surface area contributed by atoms with E-state index in [4.69, 9.17) is 4.74 Å². The van der Waals surface area contributed by atoms with E-state index in [0.29, 0.717) is 5.57 Å². The Bertz CT molecular complexity index is 243. The first-order valence-corrected chi connectivity index (χ1v) is 5.27. The van der Waals surface area contributed by atoms with Gasteiger partial charge in [0.2, 0.25) is 5.76 Å². The number of rotatable bonds is 5. The number of aliphatic hydroxyl groups is 1. The summed E-state index contributed by atoms with van der Waals surface area (Å²) in [6.45, 7) is 3.91. The SMILES string of the molecule is CCCCCCC1OC(=O)C(O)=C1C. The Balaban J connectivity index is 2.30. The number of esters is 1. The normalized spacial score (nSPS) is 21.6. The van der Waals surface area contributed by atoms with Gasteiger partial charge < -0.3 is 9.84 Å². The Kier molecular flexibility index (Phi) is 3.98. The first-order chi connectivity index (χ1) is 6.66. The Morgan fingerprint density at radius 2 is 2.07 bits per heavy atom. The third-order valence-electron chi connectivity index (χ3n) is 2.62. The number of unbranched alkanes of at least 4 members (excludes halogenated alkanes) is 3. The van der Waals surface area contributed by atoms with Gasteiger partial charge in [-0.15, -0.1) is 0 Å². The Hall–Kier alpha value is -0.990. The van der Waals surface area contributed by atoms with Crippen molar-refractivity contribution in [3.63, 3.8) is 0 Å². The minimum atomic E-state index is -0.567. The number of carbonyl (C=O) groups excluding carboxylic acids is 1. The summed E-state index contributed by atoms with van der Waals surface area (Å²) in [5.74, 6) is -0.756. The van der Waals surface area contributed by atoms with Gasteiger partial charge in [-0.05, 0) is 19.8 Å². The lowest BCUT2D eigenvalue weighted by Gasteiger charge is -2.09. The predicted molar refractivity (Wildman–Crippen MR) is 54.0 cm³/mol. The highest BCUT2D eigenvalue weighted by molar-refractivity contribution is 5.89. The number of hydrogen-bond acceptors (Lipinski definition) is 3. The predicted octanol–water partition coefficient (Wildman–Crippen LogP) is 2.71. The van der Waals surface area contributed by atoms with Crippen molar-refractivity contribution in [1.82, 2.24) is 0 Å². The molecule has 1 aliphatic heterocycles. The van der Waals surface area contributed by atoms with Crippen molar-refractivity contribution in [1.29, 1.82) is 0 Å². The molecule has 0 amide bonds. The maximum absolute atomic E-state index is 11.0. The summed E-state index contributed by atoms with van der Waals surface area (Å²) in [5.41, 5.74) is 0.687. The highest BCUT2D eigenvalue weighted by Gasteiger charge is 2.30. The van der Waals surface area contributed by atoms with Crippen LogP contribution in [0.2, 0.25) is 0 Å². The first kappa shape index (κ1) is 11.1. The molecule has 1 rings (SSSR count). The van der Waals surface area contributed by atoms with Crippen LogP contribution in [0.4, 0.5) is 0 Å². The van der Waals surface area contributed by atoms with Crippen LogP contribution in [0.25, 0.3) is 0 Å². The smallest absolute Gasteiger partial charge is 0.374 e. The second-order valence-corrected chi connectivity index (χ2v) is 3.77. The summed E-state index contributed by atoms with van der Waals surface area (Å²) in [4.78, 5) is 11.0. The van der Waals surface area contributed by atoms with Gasteiger partial charge in [-0.25, -0.2) is 4.79 Å². The average Bonchev–Trinajstić information content (AvgIpc) is 2.41. The van der Waals surface area contributed by atoms with Gasteiger partial charge in [0, 0.05) is 5.57 Å². The van der Waals surface area contributed by atoms with Crippen molar-refractivity contribution in [3.05, 3.63) is 11.3 Å². The molecule has 1 heterocycles. The largest absolute Gasteiger partial charge is 0.502 e. The molecular weight excluding hydrogens is 180 g/mol. The van der Waals surface area contributed by atoms with E-state index in [0.717, 1.165) is 12.8 Å². The number of aliphatic hydroxyl groups excluding tert-OH is 1. The summed E-state index contributed by atoms with van der Waals surface area (Å²) in [6.07, 6.45) is 5.29. The van der Waals surface area contributed by atoms with E-state index in [1.54, 1.807) is 6.92 Å². The van der Waals surface area contributed by atoms with Gasteiger partial charge in [-0.1, -0.05) is 26.2 Å². The lowest BCUT2D eigenvalue weighted by molar-refractivity contribution is -0.142. The van der Waals surface area contributed by atoms with Gasteiger partial charge in [-0.2, -0.15) is 0 Å². The summed E-state index contributed by atoms with van der Waals surface area (Å²) >= 11 is 0. The lowest BCUT2D eigenvalue weighted by atomic mass is 10.0. The zero-order chi connectivity index (χ0) is 10.6. The molecule has 14 heavy (non-hydrogen) atoms. The summed E-state index contributed by atoms with van der Waals surface area (Å²) in [7, 11) is 0. The molecule has 1 atom stereocenters. The quantitative estimate of drug-likeness (QED) is 0.545. The van der Waals surface area contributed by atoms with Crippen molar-refractivity contribution in [3.8, 4) is 0 Å². The van der Waals surface area contributed by atoms with Crippen molar-refractivity contribution < 1.29 is 14.6 Å². The van der Waals surface area contributed by atoms with E-state index in [1.807, 2.05) is 0 Å². The van der Waals surface area contributed by atoms with Crippen LogP contribution >= 0.6 is 0 Å². The van der Waals surface area contributed by atoms with E-state index >= 15 is 0 Å². The van der Waals surface area contributed by atoms with Crippen molar-refractivity contribution in [2.45, 2.75) is 52.1 Å². The van der Waals surface area contributed by atoms with Gasteiger partial charge in [0.15, 0.2) is 0 Å². The summed E-state index contributed by atoms with van der Waals surface area (Å²) in [5, 5.41) is 9.24. The second-order valence-electron chi connectivity index (χ2n) is 3.77. The minimum absolute atomic E-state index is 0.181. The molecule has 0 saturated carbocycles. The van der Waals surface area contributed by atoms with Crippen LogP contribution in [-0.2, 0) is 9.53 Å². The zero-order valence-corrected chi connectivity index (χ0v) is 8.88. The lowest BCUT2D eigenvalue weighted by Crippen LogP contribution is -2.10. The summed E-state index contributed by atoms with van der Waals surface area (Å²) < 4.78 is 5.00. The molecule has 0 aromatic carbocycles. The van der Waals surface area contributed by atoms with E-state index in [1.165, 1.54) is 19.3 Å².